The molecule has 3 nitrogen and oxygen atoms in total. The minimum absolute atomic E-state index is 0.579. The number of cyclic esters (lactones) is 2. The Kier molecular flexibility index (Phi) is 4.39. The average Bonchev–Trinajstić information content (AvgIpc) is 2.20. The van der Waals surface area contributed by atoms with Gasteiger partial charge in [-0.2, -0.15) is 0 Å². The second-order valence-electron chi connectivity index (χ2n) is 1.07. The number of carbonyl (C=O) groups is 2. The van der Waals surface area contributed by atoms with Gasteiger partial charge in [-0.25, -0.2) is 9.59 Å². The summed E-state index contributed by atoms with van der Waals surface area (Å²) in [6.45, 7) is 0. The van der Waals surface area contributed by atoms with Crippen LogP contribution in [0.2, 0.25) is 4.94 Å². The Balaban J connectivity index is 0.000000291. The Morgan fingerprint density at radius 1 is 1.22 bits per heavy atom. The van der Waals surface area contributed by atoms with Gasteiger partial charge in [-0.1, -0.05) is 0 Å². The minimum atomic E-state index is -0.579. The summed E-state index contributed by atoms with van der Waals surface area (Å²) in [6, 6.07) is 0. The Morgan fingerprint density at radius 2 is 1.56 bits per heavy atom. The van der Waals surface area contributed by atoms with Crippen LogP contribution < -0.4 is 0 Å². The molecule has 0 atom stereocenters. The average molecular weight is 232 g/mol. The molecule has 0 aromatic heterocycles. The predicted molar refractivity (Wildman–Crippen MR) is 31.9 cm³/mol. The Hall–Kier alpha value is -0.321. The van der Waals surface area contributed by atoms with Crippen molar-refractivity contribution in [3.05, 3.63) is 12.2 Å². The zero-order chi connectivity index (χ0) is 7.28. The fourth-order valence-corrected chi connectivity index (χ4v) is 0.303. The molecule has 3 radical (unpaired) electrons. The zero-order valence-electron chi connectivity index (χ0n) is 4.88. The molecule has 0 spiro atoms. The fourth-order valence-electron chi connectivity index (χ4n) is 0.303. The monoisotopic (exact) mass is 233 g/mol. The number of esters is 2. The van der Waals surface area contributed by atoms with E-state index in [0.717, 1.165) is 12.2 Å². The van der Waals surface area contributed by atoms with Crippen LogP contribution >= 0.6 is 0 Å². The van der Waals surface area contributed by atoms with Gasteiger partial charge >= 0.3 is 39.4 Å². The van der Waals surface area contributed by atoms with Gasteiger partial charge in [0, 0.05) is 12.2 Å². The predicted octanol–water partition coefficient (Wildman–Crippen LogP) is -0.171. The van der Waals surface area contributed by atoms with Crippen molar-refractivity contribution in [1.82, 2.24) is 0 Å². The molecule has 47 valence electrons. The first kappa shape index (κ1) is 8.68. The Morgan fingerprint density at radius 3 is 1.67 bits per heavy atom. The van der Waals surface area contributed by atoms with Crippen molar-refractivity contribution >= 4 is 34.5 Å². The maximum absolute atomic E-state index is 9.92. The quantitative estimate of drug-likeness (QED) is 0.330. The molecule has 0 aromatic rings. The van der Waals surface area contributed by atoms with Crippen molar-refractivity contribution in [3.63, 3.8) is 0 Å². The number of hydrogen-bond donors (Lipinski definition) is 0. The number of hydrogen-bond acceptors (Lipinski definition) is 3. The van der Waals surface area contributed by atoms with Crippen LogP contribution in [0.25, 0.3) is 0 Å². The third-order valence-electron chi connectivity index (χ3n) is 0.557. The summed E-state index contributed by atoms with van der Waals surface area (Å²) in [7, 11) is 0. The molecule has 0 fully saturated rings. The van der Waals surface area contributed by atoms with E-state index in [0.29, 0.717) is 0 Å². The van der Waals surface area contributed by atoms with E-state index in [4.69, 9.17) is 0 Å². The SMILES string of the molecule is O=C1C=CC(=O)O1.[CH3][Sn]. The molecule has 1 rings (SSSR count). The van der Waals surface area contributed by atoms with Crippen molar-refractivity contribution in [2.24, 2.45) is 0 Å². The Bertz CT molecular complexity index is 134. The molecule has 0 N–H and O–H groups in total. The Labute approximate surface area is 66.2 Å². The van der Waals surface area contributed by atoms with E-state index in [1.807, 2.05) is 0 Å². The van der Waals surface area contributed by atoms with Gasteiger partial charge in [0.1, 0.15) is 0 Å². The van der Waals surface area contributed by atoms with E-state index in [1.165, 1.54) is 0 Å². The summed E-state index contributed by atoms with van der Waals surface area (Å²) < 4.78 is 3.97. The molecule has 0 amide bonds. The standard InChI is InChI=1S/C4H2O3.CH3.Sn/c5-3-1-2-4(6)7-3;;/h1-2H;1H3;. The van der Waals surface area contributed by atoms with Crippen LogP contribution in [0, 0.1) is 0 Å². The second kappa shape index (κ2) is 4.55. The van der Waals surface area contributed by atoms with Crippen LogP contribution in [0.15, 0.2) is 12.2 Å². The molecule has 1 aliphatic rings. The van der Waals surface area contributed by atoms with Crippen molar-refractivity contribution in [3.8, 4) is 0 Å². The normalized spacial score (nSPS) is 14.4. The molecule has 1 aliphatic heterocycles. The van der Waals surface area contributed by atoms with Crippen LogP contribution in [0.1, 0.15) is 0 Å². The van der Waals surface area contributed by atoms with Gasteiger partial charge in [0.2, 0.25) is 0 Å². The summed E-state index contributed by atoms with van der Waals surface area (Å²) >= 11 is 1.55. The van der Waals surface area contributed by atoms with E-state index in [2.05, 4.69) is 9.68 Å². The second-order valence-corrected chi connectivity index (χ2v) is 1.07. The zero-order valence-corrected chi connectivity index (χ0v) is 7.73. The first-order chi connectivity index (χ1) is 4.29. The number of carbonyl (C=O) groups excluding carboxylic acids is 2. The molecule has 0 saturated carbocycles. The maximum atomic E-state index is 9.92. The van der Waals surface area contributed by atoms with Gasteiger partial charge in [0.15, 0.2) is 0 Å². The van der Waals surface area contributed by atoms with Gasteiger partial charge in [-0.15, -0.1) is 0 Å². The van der Waals surface area contributed by atoms with Gasteiger partial charge in [0.25, 0.3) is 0 Å². The van der Waals surface area contributed by atoms with Crippen LogP contribution in [-0.4, -0.2) is 34.5 Å². The third-order valence-corrected chi connectivity index (χ3v) is 0.557. The molecule has 0 bridgehead atoms. The molecule has 0 aromatic carbocycles. The van der Waals surface area contributed by atoms with Crippen LogP contribution in [0.5, 0.6) is 0 Å². The summed E-state index contributed by atoms with van der Waals surface area (Å²) in [5.74, 6) is -1.16. The van der Waals surface area contributed by atoms with Crippen molar-refractivity contribution < 1.29 is 14.3 Å². The third kappa shape index (κ3) is 3.29. The van der Waals surface area contributed by atoms with E-state index < -0.39 is 11.9 Å². The van der Waals surface area contributed by atoms with Crippen LogP contribution in [0.4, 0.5) is 0 Å². The van der Waals surface area contributed by atoms with E-state index in [1.54, 1.807) is 22.5 Å². The summed E-state index contributed by atoms with van der Waals surface area (Å²) in [6.07, 6.45) is 2.17. The molecule has 9 heavy (non-hydrogen) atoms. The fraction of sp³-hybridized carbons (Fsp3) is 0.200. The summed E-state index contributed by atoms with van der Waals surface area (Å²) in [5, 5.41) is 0. The number of ether oxygens (including phenoxy) is 1. The van der Waals surface area contributed by atoms with E-state index in [-0.39, 0.29) is 0 Å². The topological polar surface area (TPSA) is 43.4 Å². The van der Waals surface area contributed by atoms with E-state index in [9.17, 15) is 9.59 Å². The van der Waals surface area contributed by atoms with Crippen molar-refractivity contribution in [1.29, 1.82) is 0 Å². The van der Waals surface area contributed by atoms with Gasteiger partial charge in [-0.05, 0) is 0 Å². The van der Waals surface area contributed by atoms with E-state index >= 15 is 0 Å². The van der Waals surface area contributed by atoms with Gasteiger partial charge in [-0.3, -0.25) is 0 Å². The van der Waals surface area contributed by atoms with Gasteiger partial charge in [0.05, 0.1) is 0 Å². The first-order valence-corrected chi connectivity index (χ1v) is 5.08. The van der Waals surface area contributed by atoms with Gasteiger partial charge < -0.3 is 4.74 Å². The molecule has 0 saturated heterocycles. The van der Waals surface area contributed by atoms with Crippen molar-refractivity contribution in [2.75, 3.05) is 0 Å². The number of rotatable bonds is 0. The molecule has 0 unspecified atom stereocenters. The molecular formula is C5H5O3Sn. The van der Waals surface area contributed by atoms with Crippen molar-refractivity contribution in [2.45, 2.75) is 4.94 Å². The van der Waals surface area contributed by atoms with Crippen LogP contribution in [0.3, 0.4) is 0 Å². The molecule has 1 heterocycles. The molecule has 4 heteroatoms. The summed E-state index contributed by atoms with van der Waals surface area (Å²) in [5.41, 5.74) is 0. The molecular weight excluding hydrogens is 227 g/mol. The van der Waals surface area contributed by atoms with Crippen LogP contribution in [-0.2, 0) is 14.3 Å². The summed E-state index contributed by atoms with van der Waals surface area (Å²) in [4.78, 5) is 21.9. The first-order valence-electron chi connectivity index (χ1n) is 2.23. The molecule has 0 aliphatic carbocycles.